The van der Waals surface area contributed by atoms with Crippen LogP contribution in [0.15, 0.2) is 59.1 Å². The summed E-state index contributed by atoms with van der Waals surface area (Å²) in [5.41, 5.74) is 1.27. The molecule has 1 aromatic heterocycles. The van der Waals surface area contributed by atoms with Crippen LogP contribution in [0, 0.1) is 0 Å². The summed E-state index contributed by atoms with van der Waals surface area (Å²) in [5, 5.41) is 1.32. The normalized spacial score (nSPS) is 10.8. The molecule has 0 atom stereocenters. The van der Waals surface area contributed by atoms with Gasteiger partial charge in [0.1, 0.15) is 0 Å². The van der Waals surface area contributed by atoms with Gasteiger partial charge in [0.25, 0.3) is 0 Å². The fourth-order valence-corrected chi connectivity index (χ4v) is 3.51. The third-order valence-electron chi connectivity index (χ3n) is 2.56. The molecule has 2 heteroatoms. The average Bonchev–Trinajstić information content (AvgIpc) is 2.73. The maximum absolute atomic E-state index is 3.60. The van der Waals surface area contributed by atoms with Crippen molar-refractivity contribution < 1.29 is 0 Å². The molecule has 3 aromatic rings. The van der Waals surface area contributed by atoms with E-state index in [0.29, 0.717) is 0 Å². The highest BCUT2D eigenvalue weighted by molar-refractivity contribution is 9.10. The van der Waals surface area contributed by atoms with E-state index in [9.17, 15) is 0 Å². The molecule has 0 saturated carbocycles. The quantitative estimate of drug-likeness (QED) is 0.568. The van der Waals surface area contributed by atoms with Gasteiger partial charge in [0.2, 0.25) is 0 Å². The van der Waals surface area contributed by atoms with Crippen molar-refractivity contribution in [1.82, 2.24) is 0 Å². The molecule has 1 heterocycles. The molecule has 0 nitrogen and oxygen atoms in total. The second-order valence-corrected chi connectivity index (χ2v) is 5.57. The van der Waals surface area contributed by atoms with Gasteiger partial charge in [-0.2, -0.15) is 0 Å². The summed E-state index contributed by atoms with van der Waals surface area (Å²) in [6, 6.07) is 19.1. The topological polar surface area (TPSA) is 0 Å². The number of fused-ring (bicyclic) bond motifs is 1. The van der Waals surface area contributed by atoms with Gasteiger partial charge in [-0.25, -0.2) is 0 Å². The zero-order chi connectivity index (χ0) is 11.0. The number of thiophene rings is 1. The number of benzene rings is 2. The largest absolute Gasteiger partial charge is 0.135 e. The Labute approximate surface area is 107 Å². The molecule has 0 N–H and O–H groups in total. The lowest BCUT2D eigenvalue weighted by atomic mass is 10.1. The standard InChI is InChI=1S/C14H9BrS/c15-12-7-3-2-6-11(12)14-9-10-5-1-4-8-13(10)16-14/h1-9H. The zero-order valence-electron chi connectivity index (χ0n) is 8.48. The van der Waals surface area contributed by atoms with E-state index < -0.39 is 0 Å². The summed E-state index contributed by atoms with van der Waals surface area (Å²) in [6.45, 7) is 0. The minimum absolute atomic E-state index is 1.15. The fraction of sp³-hybridized carbons (Fsp3) is 0. The Bertz CT molecular complexity index is 607. The van der Waals surface area contributed by atoms with Gasteiger partial charge in [-0.15, -0.1) is 11.3 Å². The van der Waals surface area contributed by atoms with Crippen LogP contribution in [-0.2, 0) is 0 Å². The van der Waals surface area contributed by atoms with Crippen LogP contribution >= 0.6 is 27.3 Å². The Kier molecular flexibility index (Phi) is 2.54. The van der Waals surface area contributed by atoms with Crippen LogP contribution < -0.4 is 0 Å². The van der Waals surface area contributed by atoms with Crippen molar-refractivity contribution in [1.29, 1.82) is 0 Å². The number of hydrogen-bond donors (Lipinski definition) is 0. The SMILES string of the molecule is Brc1ccccc1-c1cc2ccccc2s1. The second kappa shape index (κ2) is 4.04. The molecule has 0 amide bonds. The van der Waals surface area contributed by atoms with Crippen molar-refractivity contribution in [3.05, 3.63) is 59.1 Å². The van der Waals surface area contributed by atoms with E-state index in [2.05, 4.69) is 64.5 Å². The molecule has 0 aliphatic rings. The first-order chi connectivity index (χ1) is 7.84. The molecular formula is C14H9BrS. The fourth-order valence-electron chi connectivity index (χ4n) is 1.78. The first-order valence-corrected chi connectivity index (χ1v) is 6.69. The predicted molar refractivity (Wildman–Crippen MR) is 75.0 cm³/mol. The summed E-state index contributed by atoms with van der Waals surface area (Å²) in [5.74, 6) is 0. The van der Waals surface area contributed by atoms with E-state index in [1.165, 1.54) is 20.5 Å². The van der Waals surface area contributed by atoms with Crippen molar-refractivity contribution in [2.24, 2.45) is 0 Å². The molecule has 16 heavy (non-hydrogen) atoms. The lowest BCUT2D eigenvalue weighted by molar-refractivity contribution is 1.65. The molecule has 0 fully saturated rings. The molecule has 0 saturated heterocycles. The van der Waals surface area contributed by atoms with Gasteiger partial charge in [-0.1, -0.05) is 52.3 Å². The molecule has 0 unspecified atom stereocenters. The second-order valence-electron chi connectivity index (χ2n) is 3.63. The highest BCUT2D eigenvalue weighted by atomic mass is 79.9. The van der Waals surface area contributed by atoms with Crippen LogP contribution in [-0.4, -0.2) is 0 Å². The van der Waals surface area contributed by atoms with E-state index in [1.807, 2.05) is 17.4 Å². The van der Waals surface area contributed by atoms with Gasteiger partial charge < -0.3 is 0 Å². The van der Waals surface area contributed by atoms with E-state index in [-0.39, 0.29) is 0 Å². The number of rotatable bonds is 1. The van der Waals surface area contributed by atoms with Gasteiger partial charge in [0, 0.05) is 19.6 Å². The van der Waals surface area contributed by atoms with Gasteiger partial charge in [0.15, 0.2) is 0 Å². The van der Waals surface area contributed by atoms with Crippen LogP contribution in [0.2, 0.25) is 0 Å². The van der Waals surface area contributed by atoms with Gasteiger partial charge >= 0.3 is 0 Å². The molecule has 3 rings (SSSR count). The minimum Gasteiger partial charge on any atom is -0.135 e. The Morgan fingerprint density at radius 1 is 0.875 bits per heavy atom. The van der Waals surface area contributed by atoms with Crippen molar-refractivity contribution >= 4 is 37.4 Å². The van der Waals surface area contributed by atoms with E-state index in [0.717, 1.165) is 4.47 Å². The van der Waals surface area contributed by atoms with Crippen LogP contribution in [0.4, 0.5) is 0 Å². The monoisotopic (exact) mass is 288 g/mol. The Morgan fingerprint density at radius 3 is 2.44 bits per heavy atom. The first kappa shape index (κ1) is 10.1. The molecule has 2 aromatic carbocycles. The lowest BCUT2D eigenvalue weighted by Gasteiger charge is -1.99. The summed E-state index contributed by atoms with van der Waals surface area (Å²) in [7, 11) is 0. The molecule has 0 bridgehead atoms. The molecule has 78 valence electrons. The van der Waals surface area contributed by atoms with Crippen molar-refractivity contribution in [2.75, 3.05) is 0 Å². The third kappa shape index (κ3) is 1.68. The van der Waals surface area contributed by atoms with E-state index in [4.69, 9.17) is 0 Å². The highest BCUT2D eigenvalue weighted by Crippen LogP contribution is 2.36. The first-order valence-electron chi connectivity index (χ1n) is 5.08. The zero-order valence-corrected chi connectivity index (χ0v) is 10.9. The van der Waals surface area contributed by atoms with Crippen LogP contribution in [0.1, 0.15) is 0 Å². The van der Waals surface area contributed by atoms with Crippen LogP contribution in [0.25, 0.3) is 20.5 Å². The smallest absolute Gasteiger partial charge is 0.0366 e. The molecule has 0 aliphatic carbocycles. The minimum atomic E-state index is 1.15. The lowest BCUT2D eigenvalue weighted by Crippen LogP contribution is -1.72. The summed E-state index contributed by atoms with van der Waals surface area (Å²) in [6.07, 6.45) is 0. The Balaban J connectivity index is 2.23. The average molecular weight is 289 g/mol. The van der Waals surface area contributed by atoms with Crippen LogP contribution in [0.3, 0.4) is 0 Å². The van der Waals surface area contributed by atoms with E-state index in [1.54, 1.807) is 0 Å². The third-order valence-corrected chi connectivity index (χ3v) is 4.41. The van der Waals surface area contributed by atoms with Crippen molar-refractivity contribution in [3.63, 3.8) is 0 Å². The number of halogens is 1. The maximum atomic E-state index is 3.60. The Morgan fingerprint density at radius 2 is 1.62 bits per heavy atom. The molecule has 0 aliphatic heterocycles. The molecular weight excluding hydrogens is 280 g/mol. The summed E-state index contributed by atoms with van der Waals surface area (Å²) in [4.78, 5) is 1.31. The van der Waals surface area contributed by atoms with Gasteiger partial charge in [-0.3, -0.25) is 0 Å². The maximum Gasteiger partial charge on any atom is 0.0366 e. The summed E-state index contributed by atoms with van der Waals surface area (Å²) < 4.78 is 2.50. The van der Waals surface area contributed by atoms with E-state index >= 15 is 0 Å². The van der Waals surface area contributed by atoms with Crippen molar-refractivity contribution in [2.45, 2.75) is 0 Å². The Hall–Kier alpha value is -1.12. The molecule has 0 radical (unpaired) electrons. The van der Waals surface area contributed by atoms with Gasteiger partial charge in [0.05, 0.1) is 0 Å². The highest BCUT2D eigenvalue weighted by Gasteiger charge is 2.06. The van der Waals surface area contributed by atoms with Gasteiger partial charge in [-0.05, 0) is 23.6 Å². The number of hydrogen-bond acceptors (Lipinski definition) is 1. The predicted octanol–water partition coefficient (Wildman–Crippen LogP) is 5.33. The summed E-state index contributed by atoms with van der Waals surface area (Å²) >= 11 is 5.43. The van der Waals surface area contributed by atoms with Crippen LogP contribution in [0.5, 0.6) is 0 Å². The van der Waals surface area contributed by atoms with Crippen molar-refractivity contribution in [3.8, 4) is 10.4 Å². The molecule has 0 spiro atoms.